The Kier molecular flexibility index (Phi) is 9.06. The summed E-state index contributed by atoms with van der Waals surface area (Å²) >= 11 is 2.91. The monoisotopic (exact) mass is 497 g/mol. The van der Waals surface area contributed by atoms with Crippen molar-refractivity contribution in [1.82, 2.24) is 15.6 Å². The standard InChI is InChI=1S/C24H27N5O3S2/c1-15(30)26-13-16-4-3-5-18(12-16)21-14-34-24(28-21)29-23(32)20(10-11-33-2)27-22(31)17-6-8-19(25)9-7-17/h3-9,12,14,20H,10-11,13,25H2,1-2H3,(H,26,30)(H,27,31)(H,28,29,32)/t20-/m0/s1. The third-order valence-electron chi connectivity index (χ3n) is 4.90. The summed E-state index contributed by atoms with van der Waals surface area (Å²) in [6, 6.07) is 13.5. The lowest BCUT2D eigenvalue weighted by Crippen LogP contribution is -2.44. The van der Waals surface area contributed by atoms with Crippen LogP contribution >= 0.6 is 23.1 Å². The number of thiazole rings is 1. The third kappa shape index (κ3) is 7.32. The van der Waals surface area contributed by atoms with Gasteiger partial charge in [0.05, 0.1) is 5.69 Å². The Morgan fingerprint density at radius 1 is 1.15 bits per heavy atom. The van der Waals surface area contributed by atoms with E-state index in [0.717, 1.165) is 16.8 Å². The number of aromatic nitrogens is 1. The molecule has 0 saturated carbocycles. The van der Waals surface area contributed by atoms with E-state index in [1.807, 2.05) is 35.9 Å². The molecule has 3 amide bonds. The molecule has 5 N–H and O–H groups in total. The molecule has 0 unspecified atom stereocenters. The maximum absolute atomic E-state index is 13.0. The highest BCUT2D eigenvalue weighted by molar-refractivity contribution is 7.98. The lowest BCUT2D eigenvalue weighted by Gasteiger charge is -2.17. The number of amides is 3. The van der Waals surface area contributed by atoms with Crippen molar-refractivity contribution in [3.8, 4) is 11.3 Å². The third-order valence-corrected chi connectivity index (χ3v) is 6.31. The molecule has 0 aliphatic rings. The van der Waals surface area contributed by atoms with Crippen molar-refractivity contribution in [2.24, 2.45) is 0 Å². The quantitative estimate of drug-likeness (QED) is 0.318. The fourth-order valence-corrected chi connectivity index (χ4v) is 4.30. The first-order valence-corrected chi connectivity index (χ1v) is 12.9. The number of hydrogen-bond acceptors (Lipinski definition) is 7. The summed E-state index contributed by atoms with van der Waals surface area (Å²) in [5, 5.41) is 10.7. The fourth-order valence-electron chi connectivity index (χ4n) is 3.10. The average molecular weight is 498 g/mol. The molecule has 10 heteroatoms. The van der Waals surface area contributed by atoms with E-state index in [-0.39, 0.29) is 17.7 Å². The molecule has 0 aliphatic carbocycles. The molecule has 1 aromatic heterocycles. The Morgan fingerprint density at radius 3 is 2.62 bits per heavy atom. The molecule has 3 aromatic rings. The van der Waals surface area contributed by atoms with Crippen LogP contribution in [0.15, 0.2) is 53.9 Å². The van der Waals surface area contributed by atoms with Gasteiger partial charge in [0.2, 0.25) is 11.8 Å². The van der Waals surface area contributed by atoms with Crippen molar-refractivity contribution < 1.29 is 14.4 Å². The molecule has 0 aliphatic heterocycles. The zero-order chi connectivity index (χ0) is 24.5. The molecule has 178 valence electrons. The largest absolute Gasteiger partial charge is 0.399 e. The summed E-state index contributed by atoms with van der Waals surface area (Å²) < 4.78 is 0. The van der Waals surface area contributed by atoms with E-state index in [2.05, 4.69) is 20.9 Å². The minimum Gasteiger partial charge on any atom is -0.399 e. The number of hydrogen-bond donors (Lipinski definition) is 4. The van der Waals surface area contributed by atoms with Crippen LogP contribution in [0.3, 0.4) is 0 Å². The fraction of sp³-hybridized carbons (Fsp3) is 0.250. The highest BCUT2D eigenvalue weighted by Crippen LogP contribution is 2.26. The number of nitrogen functional groups attached to an aromatic ring is 1. The summed E-state index contributed by atoms with van der Waals surface area (Å²) in [7, 11) is 0. The molecule has 0 radical (unpaired) electrons. The highest BCUT2D eigenvalue weighted by atomic mass is 32.2. The molecule has 3 rings (SSSR count). The second-order valence-electron chi connectivity index (χ2n) is 7.57. The van der Waals surface area contributed by atoms with E-state index in [1.54, 1.807) is 36.0 Å². The van der Waals surface area contributed by atoms with Gasteiger partial charge >= 0.3 is 0 Å². The van der Waals surface area contributed by atoms with E-state index in [1.165, 1.54) is 18.3 Å². The molecule has 1 atom stereocenters. The Bertz CT molecular complexity index is 1150. The molecule has 34 heavy (non-hydrogen) atoms. The first kappa shape index (κ1) is 25.3. The van der Waals surface area contributed by atoms with Gasteiger partial charge in [-0.3, -0.25) is 14.4 Å². The number of nitrogens with two attached hydrogens (primary N) is 1. The van der Waals surface area contributed by atoms with Crippen LogP contribution < -0.4 is 21.7 Å². The number of rotatable bonds is 10. The van der Waals surface area contributed by atoms with Crippen molar-refractivity contribution in [1.29, 1.82) is 0 Å². The van der Waals surface area contributed by atoms with E-state index in [9.17, 15) is 14.4 Å². The highest BCUT2D eigenvalue weighted by Gasteiger charge is 2.22. The SMILES string of the molecule is CSCC[C@H](NC(=O)c1ccc(N)cc1)C(=O)Nc1nc(-c2cccc(CNC(C)=O)c2)cs1. The topological polar surface area (TPSA) is 126 Å². The van der Waals surface area contributed by atoms with E-state index >= 15 is 0 Å². The number of anilines is 2. The molecule has 0 fully saturated rings. The lowest BCUT2D eigenvalue weighted by atomic mass is 10.1. The van der Waals surface area contributed by atoms with Crippen LogP contribution in [0.2, 0.25) is 0 Å². The average Bonchev–Trinajstić information content (AvgIpc) is 3.29. The number of carbonyl (C=O) groups excluding carboxylic acids is 3. The second kappa shape index (κ2) is 12.2. The van der Waals surface area contributed by atoms with E-state index in [0.29, 0.717) is 35.1 Å². The van der Waals surface area contributed by atoms with Gasteiger partial charge < -0.3 is 21.7 Å². The maximum atomic E-state index is 13.0. The lowest BCUT2D eigenvalue weighted by molar-refractivity contribution is -0.119. The van der Waals surface area contributed by atoms with Gasteiger partial charge in [-0.25, -0.2) is 4.98 Å². The van der Waals surface area contributed by atoms with Crippen LogP contribution in [-0.4, -0.2) is 40.8 Å². The molecular weight excluding hydrogens is 470 g/mol. The molecule has 2 aromatic carbocycles. The van der Waals surface area contributed by atoms with Gasteiger partial charge in [-0.15, -0.1) is 11.3 Å². The predicted octanol–water partition coefficient (Wildman–Crippen LogP) is 3.52. The van der Waals surface area contributed by atoms with Crippen LogP contribution in [0.4, 0.5) is 10.8 Å². The zero-order valence-electron chi connectivity index (χ0n) is 19.0. The van der Waals surface area contributed by atoms with Crippen molar-refractivity contribution in [3.05, 3.63) is 65.0 Å². The molecule has 0 saturated heterocycles. The van der Waals surface area contributed by atoms with Gasteiger partial charge in [-0.2, -0.15) is 11.8 Å². The van der Waals surface area contributed by atoms with E-state index < -0.39 is 6.04 Å². The van der Waals surface area contributed by atoms with Crippen LogP contribution in [0.1, 0.15) is 29.3 Å². The van der Waals surface area contributed by atoms with Gasteiger partial charge in [0.15, 0.2) is 5.13 Å². The Morgan fingerprint density at radius 2 is 1.91 bits per heavy atom. The Balaban J connectivity index is 1.68. The number of carbonyl (C=O) groups is 3. The van der Waals surface area contributed by atoms with Crippen molar-refractivity contribution in [3.63, 3.8) is 0 Å². The first-order valence-electron chi connectivity index (χ1n) is 10.6. The number of nitrogens with zero attached hydrogens (tertiary/aromatic N) is 1. The summed E-state index contributed by atoms with van der Waals surface area (Å²) in [5.74, 6) is -0.0385. The second-order valence-corrected chi connectivity index (χ2v) is 9.41. The van der Waals surface area contributed by atoms with Crippen LogP contribution in [0.25, 0.3) is 11.3 Å². The first-order chi connectivity index (χ1) is 16.4. The number of nitrogens with one attached hydrogen (secondary N) is 3. The minimum absolute atomic E-state index is 0.0939. The molecule has 1 heterocycles. The van der Waals surface area contributed by atoms with Gasteiger partial charge in [-0.05, 0) is 54.3 Å². The van der Waals surface area contributed by atoms with Gasteiger partial charge in [0.25, 0.3) is 5.91 Å². The number of benzene rings is 2. The van der Waals surface area contributed by atoms with Crippen LogP contribution in [-0.2, 0) is 16.1 Å². The molecular formula is C24H27N5O3S2. The van der Waals surface area contributed by atoms with Crippen molar-refractivity contribution >= 4 is 51.6 Å². The van der Waals surface area contributed by atoms with E-state index in [4.69, 9.17) is 5.73 Å². The minimum atomic E-state index is -0.703. The summed E-state index contributed by atoms with van der Waals surface area (Å²) in [5.41, 5.74) is 9.24. The van der Waals surface area contributed by atoms with Crippen molar-refractivity contribution in [2.75, 3.05) is 23.1 Å². The summed E-state index contributed by atoms with van der Waals surface area (Å²) in [6.45, 7) is 1.91. The van der Waals surface area contributed by atoms with Crippen molar-refractivity contribution in [2.45, 2.75) is 25.9 Å². The predicted molar refractivity (Wildman–Crippen MR) is 139 cm³/mol. The summed E-state index contributed by atoms with van der Waals surface area (Å²) in [6.07, 6.45) is 2.43. The van der Waals surface area contributed by atoms with Gasteiger partial charge in [-0.1, -0.05) is 18.2 Å². The molecule has 0 spiro atoms. The Hall–Kier alpha value is -3.37. The number of thioether (sulfide) groups is 1. The summed E-state index contributed by atoms with van der Waals surface area (Å²) in [4.78, 5) is 41.3. The smallest absolute Gasteiger partial charge is 0.251 e. The van der Waals surface area contributed by atoms with Crippen LogP contribution in [0.5, 0.6) is 0 Å². The Labute approximate surface area is 206 Å². The van der Waals surface area contributed by atoms with Gasteiger partial charge in [0, 0.05) is 35.7 Å². The maximum Gasteiger partial charge on any atom is 0.251 e. The zero-order valence-corrected chi connectivity index (χ0v) is 20.6. The normalized spacial score (nSPS) is 11.5. The van der Waals surface area contributed by atoms with Gasteiger partial charge in [0.1, 0.15) is 6.04 Å². The molecule has 8 nitrogen and oxygen atoms in total. The van der Waals surface area contributed by atoms with Crippen LogP contribution in [0, 0.1) is 0 Å². The molecule has 0 bridgehead atoms.